The van der Waals surface area contributed by atoms with Gasteiger partial charge in [-0.25, -0.2) is 0 Å². The molecular formula is C24H26N4OS+2. The van der Waals surface area contributed by atoms with Gasteiger partial charge in [0, 0.05) is 11.1 Å². The summed E-state index contributed by atoms with van der Waals surface area (Å²) in [5, 5.41) is 14.5. The van der Waals surface area contributed by atoms with Gasteiger partial charge in [0.25, 0.3) is 5.91 Å². The molecule has 30 heavy (non-hydrogen) atoms. The van der Waals surface area contributed by atoms with Crippen molar-refractivity contribution in [2.75, 3.05) is 38.0 Å². The van der Waals surface area contributed by atoms with Crippen LogP contribution in [0.15, 0.2) is 72.1 Å². The molecule has 152 valence electrons. The molecule has 0 radical (unpaired) electrons. The van der Waals surface area contributed by atoms with Gasteiger partial charge in [-0.3, -0.25) is 4.79 Å². The number of anilines is 1. The zero-order valence-electron chi connectivity index (χ0n) is 16.8. The maximum absolute atomic E-state index is 12.5. The number of hydrogen-bond donors (Lipinski definition) is 3. The molecule has 4 rings (SSSR count). The molecule has 0 unspecified atom stereocenters. The summed E-state index contributed by atoms with van der Waals surface area (Å²) < 4.78 is 0. The second kappa shape index (κ2) is 9.68. The van der Waals surface area contributed by atoms with Gasteiger partial charge in [0.1, 0.15) is 43.3 Å². The fourth-order valence-corrected chi connectivity index (χ4v) is 4.99. The number of benzene rings is 2. The Morgan fingerprint density at radius 2 is 1.57 bits per heavy atom. The van der Waals surface area contributed by atoms with Crippen LogP contribution in [-0.4, -0.2) is 38.6 Å². The smallest absolute Gasteiger partial charge is 0.280 e. The Morgan fingerprint density at radius 1 is 0.967 bits per heavy atom. The summed E-state index contributed by atoms with van der Waals surface area (Å²) in [4.78, 5) is 15.3. The highest BCUT2D eigenvalue weighted by Crippen LogP contribution is 2.21. The molecule has 1 saturated heterocycles. The van der Waals surface area contributed by atoms with E-state index in [1.165, 1.54) is 27.4 Å². The van der Waals surface area contributed by atoms with Crippen LogP contribution in [0, 0.1) is 11.3 Å². The quantitative estimate of drug-likeness (QED) is 0.562. The van der Waals surface area contributed by atoms with Crippen LogP contribution in [0.5, 0.6) is 0 Å². The van der Waals surface area contributed by atoms with Crippen LogP contribution in [0.1, 0.15) is 22.7 Å². The number of rotatable bonds is 6. The fraction of sp³-hybridized carbons (Fsp3) is 0.250. The van der Waals surface area contributed by atoms with Crippen molar-refractivity contribution in [1.29, 1.82) is 5.26 Å². The number of amides is 1. The zero-order chi connectivity index (χ0) is 20.8. The van der Waals surface area contributed by atoms with Crippen LogP contribution in [0.25, 0.3) is 0 Å². The molecule has 1 fully saturated rings. The van der Waals surface area contributed by atoms with E-state index in [1.807, 2.05) is 5.38 Å². The van der Waals surface area contributed by atoms with E-state index in [0.717, 1.165) is 26.2 Å². The lowest BCUT2D eigenvalue weighted by molar-refractivity contribution is -1.02. The summed E-state index contributed by atoms with van der Waals surface area (Å²) in [7, 11) is 0. The normalized spacial score (nSPS) is 18.7. The van der Waals surface area contributed by atoms with E-state index in [9.17, 15) is 4.79 Å². The highest BCUT2D eigenvalue weighted by atomic mass is 32.1. The number of nitrogens with zero attached hydrogens (tertiary/aromatic N) is 1. The lowest BCUT2D eigenvalue weighted by atomic mass is 9.96. The number of hydrogen-bond acceptors (Lipinski definition) is 3. The number of carbonyl (C=O) groups excluding carboxylic acids is 1. The molecular weight excluding hydrogens is 392 g/mol. The topological polar surface area (TPSA) is 61.8 Å². The van der Waals surface area contributed by atoms with Crippen molar-refractivity contribution in [2.45, 2.75) is 6.04 Å². The first-order valence-electron chi connectivity index (χ1n) is 10.3. The molecule has 0 bridgehead atoms. The van der Waals surface area contributed by atoms with Crippen LogP contribution in [0.4, 0.5) is 5.00 Å². The number of thiophene rings is 1. The van der Waals surface area contributed by atoms with Gasteiger partial charge in [0.2, 0.25) is 0 Å². The van der Waals surface area contributed by atoms with E-state index in [4.69, 9.17) is 5.26 Å². The molecule has 1 aliphatic rings. The molecule has 6 heteroatoms. The second-order valence-electron chi connectivity index (χ2n) is 7.66. The summed E-state index contributed by atoms with van der Waals surface area (Å²) in [6.07, 6.45) is 0. The van der Waals surface area contributed by atoms with E-state index in [-0.39, 0.29) is 5.91 Å². The predicted octanol–water partition coefficient (Wildman–Crippen LogP) is 1.13. The molecule has 0 aliphatic carbocycles. The molecule has 0 spiro atoms. The van der Waals surface area contributed by atoms with Crippen molar-refractivity contribution in [3.8, 4) is 6.07 Å². The summed E-state index contributed by atoms with van der Waals surface area (Å²) in [5.41, 5.74) is 3.20. The Morgan fingerprint density at radius 3 is 2.13 bits per heavy atom. The van der Waals surface area contributed by atoms with Crippen molar-refractivity contribution >= 4 is 22.2 Å². The number of nitrogens with one attached hydrogen (secondary N) is 3. The van der Waals surface area contributed by atoms with E-state index in [2.05, 4.69) is 72.0 Å². The lowest BCUT2D eigenvalue weighted by Gasteiger charge is -2.34. The van der Waals surface area contributed by atoms with Gasteiger partial charge in [-0.15, -0.1) is 11.3 Å². The maximum Gasteiger partial charge on any atom is 0.280 e. The third kappa shape index (κ3) is 4.77. The predicted molar refractivity (Wildman–Crippen MR) is 119 cm³/mol. The van der Waals surface area contributed by atoms with Crippen molar-refractivity contribution in [1.82, 2.24) is 0 Å². The first kappa shape index (κ1) is 20.3. The fourth-order valence-electron chi connectivity index (χ4n) is 4.24. The average molecular weight is 419 g/mol. The highest BCUT2D eigenvalue weighted by molar-refractivity contribution is 7.14. The molecule has 2 heterocycles. The standard InChI is InChI=1S/C24H24N4OS/c25-17-21-11-16-30-24(21)26-22(29)18-27-12-14-28(15-13-27)23(19-7-3-1-4-8-19)20-9-5-2-6-10-20/h1-11,16,23H,12-15,18H2,(H,26,29)/p+2. The Kier molecular flexibility index (Phi) is 6.55. The minimum Gasteiger partial charge on any atom is -0.318 e. The van der Waals surface area contributed by atoms with E-state index in [1.54, 1.807) is 11.0 Å². The van der Waals surface area contributed by atoms with Gasteiger partial charge in [0.05, 0.1) is 5.56 Å². The molecule has 0 saturated carbocycles. The van der Waals surface area contributed by atoms with Crippen molar-refractivity contribution in [3.63, 3.8) is 0 Å². The SMILES string of the molecule is N#Cc1ccsc1NC(=O)C[NH+]1CC[NH+](C(c2ccccc2)c2ccccc2)CC1. The summed E-state index contributed by atoms with van der Waals surface area (Å²) >= 11 is 1.40. The number of carbonyl (C=O) groups is 1. The van der Waals surface area contributed by atoms with Crippen molar-refractivity contribution < 1.29 is 14.6 Å². The van der Waals surface area contributed by atoms with Gasteiger partial charge in [0.15, 0.2) is 6.54 Å². The Bertz CT molecular complexity index is 965. The molecule has 3 aromatic rings. The van der Waals surface area contributed by atoms with Crippen molar-refractivity contribution in [2.24, 2.45) is 0 Å². The monoisotopic (exact) mass is 418 g/mol. The zero-order valence-corrected chi connectivity index (χ0v) is 17.6. The van der Waals surface area contributed by atoms with Gasteiger partial charge in [-0.2, -0.15) is 5.26 Å². The molecule has 0 atom stereocenters. The summed E-state index contributed by atoms with van der Waals surface area (Å²) in [6.45, 7) is 4.37. The Hall–Kier alpha value is -2.98. The van der Waals surface area contributed by atoms with Crippen LogP contribution in [-0.2, 0) is 4.79 Å². The van der Waals surface area contributed by atoms with Crippen LogP contribution in [0.3, 0.4) is 0 Å². The number of piperazine rings is 1. The van der Waals surface area contributed by atoms with Gasteiger partial charge >= 0.3 is 0 Å². The van der Waals surface area contributed by atoms with Crippen LogP contribution >= 0.6 is 11.3 Å². The van der Waals surface area contributed by atoms with Crippen LogP contribution < -0.4 is 15.1 Å². The third-order valence-corrected chi connectivity index (χ3v) is 6.55. The molecule has 5 nitrogen and oxygen atoms in total. The average Bonchev–Trinajstić information content (AvgIpc) is 3.23. The van der Waals surface area contributed by atoms with Gasteiger partial charge < -0.3 is 15.1 Å². The Balaban J connectivity index is 1.39. The minimum atomic E-state index is -0.0185. The second-order valence-corrected chi connectivity index (χ2v) is 8.58. The summed E-state index contributed by atoms with van der Waals surface area (Å²) in [6, 6.07) is 25.6. The first-order chi connectivity index (χ1) is 14.7. The first-order valence-corrected chi connectivity index (χ1v) is 11.2. The molecule has 3 N–H and O–H groups in total. The molecule has 1 aliphatic heterocycles. The maximum atomic E-state index is 12.5. The van der Waals surface area contributed by atoms with Crippen molar-refractivity contribution in [3.05, 3.63) is 88.8 Å². The minimum absolute atomic E-state index is 0.0185. The number of nitriles is 1. The molecule has 1 amide bonds. The van der Waals surface area contributed by atoms with E-state index >= 15 is 0 Å². The molecule has 2 aromatic carbocycles. The molecule has 1 aromatic heterocycles. The summed E-state index contributed by atoms with van der Waals surface area (Å²) in [5.74, 6) is -0.0185. The van der Waals surface area contributed by atoms with Gasteiger partial charge in [-0.1, -0.05) is 60.7 Å². The largest absolute Gasteiger partial charge is 0.318 e. The third-order valence-electron chi connectivity index (χ3n) is 5.72. The van der Waals surface area contributed by atoms with E-state index < -0.39 is 0 Å². The van der Waals surface area contributed by atoms with Crippen LogP contribution in [0.2, 0.25) is 0 Å². The Labute approximate surface area is 181 Å². The van der Waals surface area contributed by atoms with Gasteiger partial charge in [-0.05, 0) is 11.4 Å². The highest BCUT2D eigenvalue weighted by Gasteiger charge is 2.32. The number of quaternary nitrogens is 2. The van der Waals surface area contributed by atoms with E-state index in [0.29, 0.717) is 23.2 Å². The lowest BCUT2D eigenvalue weighted by Crippen LogP contribution is -3.28.